The zero-order valence-electron chi connectivity index (χ0n) is 9.70. The van der Waals surface area contributed by atoms with Crippen LogP contribution in [0, 0.1) is 17.0 Å². The van der Waals surface area contributed by atoms with E-state index in [0.29, 0.717) is 11.4 Å². The van der Waals surface area contributed by atoms with Crippen LogP contribution in [0.2, 0.25) is 5.02 Å². The molecule has 0 aliphatic carbocycles. The highest BCUT2D eigenvalue weighted by atomic mass is 35.5. The first-order valence-corrected chi connectivity index (χ1v) is 5.46. The first kappa shape index (κ1) is 13.0. The average molecular weight is 282 g/mol. The number of nitro benzene ring substituents is 1. The van der Waals surface area contributed by atoms with E-state index < -0.39 is 10.8 Å². The maximum absolute atomic E-state index is 11.1. The lowest BCUT2D eigenvalue weighted by molar-refractivity contribution is -0.384. The number of nitrogens with two attached hydrogens (primary N) is 1. The Morgan fingerprint density at radius 3 is 2.74 bits per heavy atom. The Labute approximate surface area is 111 Å². The van der Waals surface area contributed by atoms with E-state index in [1.807, 2.05) is 0 Å². The van der Waals surface area contributed by atoms with E-state index in [1.54, 1.807) is 6.92 Å². The third-order valence-electron chi connectivity index (χ3n) is 2.50. The summed E-state index contributed by atoms with van der Waals surface area (Å²) in [5.74, 6) is -0.716. The quantitative estimate of drug-likeness (QED) is 0.671. The van der Waals surface area contributed by atoms with Crippen molar-refractivity contribution in [2.24, 2.45) is 5.73 Å². The first-order chi connectivity index (χ1) is 8.91. The summed E-state index contributed by atoms with van der Waals surface area (Å²) in [5, 5.41) is 18.2. The number of halogens is 1. The van der Waals surface area contributed by atoms with Gasteiger partial charge in [0.25, 0.3) is 11.6 Å². The average Bonchev–Trinajstić information content (AvgIpc) is 2.71. The van der Waals surface area contributed by atoms with Crippen LogP contribution in [0.15, 0.2) is 18.2 Å². The van der Waals surface area contributed by atoms with Gasteiger partial charge in [-0.15, -0.1) is 5.10 Å². The second-order valence-electron chi connectivity index (χ2n) is 3.69. The fourth-order valence-corrected chi connectivity index (χ4v) is 1.76. The van der Waals surface area contributed by atoms with Crippen molar-refractivity contribution in [3.63, 3.8) is 0 Å². The van der Waals surface area contributed by atoms with Gasteiger partial charge in [-0.05, 0) is 19.1 Å². The molecule has 98 valence electrons. The summed E-state index contributed by atoms with van der Waals surface area (Å²) < 4.78 is 1.28. The molecular formula is C10H8ClN5O3. The SMILES string of the molecule is Cc1c(C(N)=O)nnn1-c1ccc(Cl)c([N+](=O)[O-])c1. The molecule has 0 radical (unpaired) electrons. The van der Waals surface area contributed by atoms with Gasteiger partial charge in [-0.25, -0.2) is 4.68 Å². The first-order valence-electron chi connectivity index (χ1n) is 5.08. The summed E-state index contributed by atoms with van der Waals surface area (Å²) in [4.78, 5) is 21.3. The fraction of sp³-hybridized carbons (Fsp3) is 0.100. The molecule has 0 aliphatic heterocycles. The van der Waals surface area contributed by atoms with Crippen LogP contribution in [-0.2, 0) is 0 Å². The van der Waals surface area contributed by atoms with Crippen molar-refractivity contribution in [3.05, 3.63) is 44.7 Å². The van der Waals surface area contributed by atoms with Crippen LogP contribution in [-0.4, -0.2) is 25.8 Å². The number of primary amides is 1. The van der Waals surface area contributed by atoms with Crippen molar-refractivity contribution in [3.8, 4) is 5.69 Å². The summed E-state index contributed by atoms with van der Waals surface area (Å²) >= 11 is 5.71. The van der Waals surface area contributed by atoms with Gasteiger partial charge >= 0.3 is 0 Å². The standard InChI is InChI=1S/C10H8ClN5O3/c1-5-9(10(12)17)13-14-15(5)6-2-3-7(11)8(4-6)16(18)19/h2-4H,1H3,(H2,12,17). The Bertz CT molecular complexity index is 682. The Kier molecular flexibility index (Phi) is 3.17. The van der Waals surface area contributed by atoms with Gasteiger partial charge in [0.2, 0.25) is 0 Å². The van der Waals surface area contributed by atoms with Crippen LogP contribution in [0.3, 0.4) is 0 Å². The number of nitrogens with zero attached hydrogens (tertiary/aromatic N) is 4. The van der Waals surface area contributed by atoms with Gasteiger partial charge in [-0.2, -0.15) is 0 Å². The molecule has 1 aromatic carbocycles. The Balaban J connectivity index is 2.57. The van der Waals surface area contributed by atoms with Crippen molar-refractivity contribution in [2.45, 2.75) is 6.92 Å². The molecular weight excluding hydrogens is 274 g/mol. The molecule has 2 rings (SSSR count). The second-order valence-corrected chi connectivity index (χ2v) is 4.10. The molecule has 0 saturated heterocycles. The van der Waals surface area contributed by atoms with Crippen LogP contribution < -0.4 is 5.73 Å². The summed E-state index contributed by atoms with van der Waals surface area (Å²) in [7, 11) is 0. The second kappa shape index (κ2) is 4.65. The number of rotatable bonds is 3. The third-order valence-corrected chi connectivity index (χ3v) is 2.82. The highest BCUT2D eigenvalue weighted by molar-refractivity contribution is 6.32. The minimum Gasteiger partial charge on any atom is -0.364 e. The predicted molar refractivity (Wildman–Crippen MR) is 66.3 cm³/mol. The van der Waals surface area contributed by atoms with Gasteiger partial charge in [-0.3, -0.25) is 14.9 Å². The van der Waals surface area contributed by atoms with Gasteiger partial charge in [0.05, 0.1) is 16.3 Å². The van der Waals surface area contributed by atoms with Gasteiger partial charge < -0.3 is 5.73 Å². The summed E-state index contributed by atoms with van der Waals surface area (Å²) in [6, 6.07) is 4.15. The van der Waals surface area contributed by atoms with Crippen molar-refractivity contribution in [1.82, 2.24) is 15.0 Å². The molecule has 0 bridgehead atoms. The van der Waals surface area contributed by atoms with E-state index >= 15 is 0 Å². The minimum absolute atomic E-state index is 0.0117. The minimum atomic E-state index is -0.716. The molecule has 1 heterocycles. The molecule has 0 fully saturated rings. The molecule has 2 aromatic rings. The highest BCUT2D eigenvalue weighted by Gasteiger charge is 2.18. The van der Waals surface area contributed by atoms with E-state index in [4.69, 9.17) is 17.3 Å². The number of hydrogen-bond acceptors (Lipinski definition) is 5. The van der Waals surface area contributed by atoms with E-state index in [0.717, 1.165) is 0 Å². The van der Waals surface area contributed by atoms with Crippen molar-refractivity contribution < 1.29 is 9.72 Å². The molecule has 2 N–H and O–H groups in total. The molecule has 19 heavy (non-hydrogen) atoms. The van der Waals surface area contributed by atoms with Crippen molar-refractivity contribution in [2.75, 3.05) is 0 Å². The molecule has 1 amide bonds. The zero-order chi connectivity index (χ0) is 14.2. The number of nitro groups is 1. The largest absolute Gasteiger partial charge is 0.364 e. The van der Waals surface area contributed by atoms with Crippen molar-refractivity contribution in [1.29, 1.82) is 0 Å². The molecule has 9 heteroatoms. The lowest BCUT2D eigenvalue weighted by Gasteiger charge is -2.03. The lowest BCUT2D eigenvalue weighted by atomic mass is 10.2. The Hall–Kier alpha value is -2.48. The Morgan fingerprint density at radius 2 is 2.21 bits per heavy atom. The molecule has 0 saturated carbocycles. The number of benzene rings is 1. The van der Waals surface area contributed by atoms with Gasteiger partial charge in [0.15, 0.2) is 5.69 Å². The maximum Gasteiger partial charge on any atom is 0.290 e. The van der Waals surface area contributed by atoms with E-state index in [1.165, 1.54) is 22.9 Å². The molecule has 0 unspecified atom stereocenters. The number of carbonyl (C=O) groups excluding carboxylic acids is 1. The topological polar surface area (TPSA) is 117 Å². The fourth-order valence-electron chi connectivity index (χ4n) is 1.57. The van der Waals surface area contributed by atoms with Crippen LogP contribution in [0.1, 0.15) is 16.2 Å². The van der Waals surface area contributed by atoms with Crippen LogP contribution in [0.25, 0.3) is 5.69 Å². The van der Waals surface area contributed by atoms with Gasteiger partial charge in [-0.1, -0.05) is 16.8 Å². The van der Waals surface area contributed by atoms with Gasteiger partial charge in [0.1, 0.15) is 5.02 Å². The van der Waals surface area contributed by atoms with Crippen LogP contribution in [0.4, 0.5) is 5.69 Å². The molecule has 8 nitrogen and oxygen atoms in total. The number of carbonyl (C=O) groups is 1. The van der Waals surface area contributed by atoms with Crippen LogP contribution >= 0.6 is 11.6 Å². The molecule has 0 atom stereocenters. The lowest BCUT2D eigenvalue weighted by Crippen LogP contribution is -2.13. The number of amides is 1. The Morgan fingerprint density at radius 1 is 1.53 bits per heavy atom. The number of aromatic nitrogens is 3. The molecule has 0 aliphatic rings. The third kappa shape index (κ3) is 2.25. The molecule has 0 spiro atoms. The summed E-state index contributed by atoms with van der Waals surface area (Å²) in [6.45, 7) is 1.58. The summed E-state index contributed by atoms with van der Waals surface area (Å²) in [6.07, 6.45) is 0. The van der Waals surface area contributed by atoms with Gasteiger partial charge in [0, 0.05) is 6.07 Å². The zero-order valence-corrected chi connectivity index (χ0v) is 10.5. The van der Waals surface area contributed by atoms with E-state index in [9.17, 15) is 14.9 Å². The normalized spacial score (nSPS) is 10.4. The molecule has 1 aromatic heterocycles. The highest BCUT2D eigenvalue weighted by Crippen LogP contribution is 2.27. The predicted octanol–water partition coefficient (Wildman–Crippen LogP) is 1.24. The maximum atomic E-state index is 11.1. The van der Waals surface area contributed by atoms with E-state index in [-0.39, 0.29) is 16.4 Å². The summed E-state index contributed by atoms with van der Waals surface area (Å²) in [5.41, 5.74) is 5.64. The van der Waals surface area contributed by atoms with Crippen molar-refractivity contribution >= 4 is 23.2 Å². The van der Waals surface area contributed by atoms with E-state index in [2.05, 4.69) is 10.3 Å². The monoisotopic (exact) mass is 281 g/mol. The van der Waals surface area contributed by atoms with Crippen LogP contribution in [0.5, 0.6) is 0 Å². The smallest absolute Gasteiger partial charge is 0.290 e. The number of hydrogen-bond donors (Lipinski definition) is 1.